The summed E-state index contributed by atoms with van der Waals surface area (Å²) in [5, 5.41) is 0. The molecule has 6 nitrogen and oxygen atoms in total. The molecule has 0 bridgehead atoms. The second-order valence-corrected chi connectivity index (χ2v) is 8.32. The van der Waals surface area contributed by atoms with Crippen LogP contribution in [-0.4, -0.2) is 36.4 Å². The summed E-state index contributed by atoms with van der Waals surface area (Å²) in [5.74, 6) is 0.835. The summed E-state index contributed by atoms with van der Waals surface area (Å²) < 4.78 is 21.0. The number of aromatic nitrogens is 1. The van der Waals surface area contributed by atoms with Crippen LogP contribution in [0.5, 0.6) is 11.5 Å². The number of fused-ring (bicyclic) bond motifs is 2. The third kappa shape index (κ3) is 3.72. The maximum atomic E-state index is 12.9. The SMILES string of the molecule is COCCn1c(=NC(=O)C2Oc3ccccc3OC2C)sc2cc(Br)ccc21. The van der Waals surface area contributed by atoms with Crippen LogP contribution in [0.4, 0.5) is 0 Å². The highest BCUT2D eigenvalue weighted by Crippen LogP contribution is 2.33. The molecule has 0 N–H and O–H groups in total. The van der Waals surface area contributed by atoms with Gasteiger partial charge in [-0.2, -0.15) is 4.99 Å². The first-order valence-electron chi connectivity index (χ1n) is 8.85. The van der Waals surface area contributed by atoms with E-state index in [1.54, 1.807) is 13.2 Å². The van der Waals surface area contributed by atoms with Crippen LogP contribution in [0.3, 0.4) is 0 Å². The van der Waals surface area contributed by atoms with Crippen LogP contribution in [0.25, 0.3) is 10.2 Å². The predicted octanol–water partition coefficient (Wildman–Crippen LogP) is 3.77. The van der Waals surface area contributed by atoms with Crippen LogP contribution >= 0.6 is 27.3 Å². The Morgan fingerprint density at radius 2 is 2.00 bits per heavy atom. The van der Waals surface area contributed by atoms with Gasteiger partial charge in [-0.15, -0.1) is 0 Å². The molecule has 0 fully saturated rings. The topological polar surface area (TPSA) is 62.1 Å². The number of thiazole rings is 1. The number of amides is 1. The van der Waals surface area contributed by atoms with Crippen LogP contribution in [0.15, 0.2) is 51.9 Å². The average molecular weight is 463 g/mol. The fourth-order valence-electron chi connectivity index (χ4n) is 3.08. The number of para-hydroxylation sites is 2. The maximum Gasteiger partial charge on any atom is 0.293 e. The van der Waals surface area contributed by atoms with E-state index in [9.17, 15) is 4.79 Å². The van der Waals surface area contributed by atoms with Crippen LogP contribution in [0.2, 0.25) is 0 Å². The molecule has 0 saturated carbocycles. The monoisotopic (exact) mass is 462 g/mol. The number of nitrogens with zero attached hydrogens (tertiary/aromatic N) is 2. The van der Waals surface area contributed by atoms with Gasteiger partial charge in [0.15, 0.2) is 16.3 Å². The normalized spacial score (nSPS) is 19.2. The molecule has 1 aromatic heterocycles. The number of carbonyl (C=O) groups excluding carboxylic acids is 1. The van der Waals surface area contributed by atoms with E-state index in [-0.39, 0.29) is 5.91 Å². The minimum atomic E-state index is -0.789. The van der Waals surface area contributed by atoms with E-state index >= 15 is 0 Å². The van der Waals surface area contributed by atoms with Gasteiger partial charge in [0.05, 0.1) is 16.8 Å². The number of ether oxygens (including phenoxy) is 3. The molecule has 1 aliphatic heterocycles. The zero-order chi connectivity index (χ0) is 19.7. The van der Waals surface area contributed by atoms with Crippen molar-refractivity contribution in [3.05, 3.63) is 51.7 Å². The second-order valence-electron chi connectivity index (χ2n) is 6.40. The predicted molar refractivity (Wildman–Crippen MR) is 111 cm³/mol. The first kappa shape index (κ1) is 19.2. The summed E-state index contributed by atoms with van der Waals surface area (Å²) in [6.45, 7) is 2.94. The molecular weight excluding hydrogens is 444 g/mol. The van der Waals surface area contributed by atoms with Crippen molar-refractivity contribution in [2.24, 2.45) is 4.99 Å². The Hall–Kier alpha value is -2.16. The molecule has 2 heterocycles. The van der Waals surface area contributed by atoms with Crippen molar-refractivity contribution >= 4 is 43.4 Å². The largest absolute Gasteiger partial charge is 0.482 e. The van der Waals surface area contributed by atoms with E-state index in [2.05, 4.69) is 20.9 Å². The number of methoxy groups -OCH3 is 1. The quantitative estimate of drug-likeness (QED) is 0.591. The van der Waals surface area contributed by atoms with Gasteiger partial charge < -0.3 is 18.8 Å². The number of rotatable bonds is 4. The second kappa shape index (κ2) is 8.06. The lowest BCUT2D eigenvalue weighted by atomic mass is 10.1. The zero-order valence-electron chi connectivity index (χ0n) is 15.4. The van der Waals surface area contributed by atoms with Crippen LogP contribution in [-0.2, 0) is 16.1 Å². The molecule has 0 saturated heterocycles. The summed E-state index contributed by atoms with van der Waals surface area (Å²) in [6.07, 6.45) is -1.22. The minimum absolute atomic E-state index is 0.362. The van der Waals surface area contributed by atoms with Crippen molar-refractivity contribution in [3.63, 3.8) is 0 Å². The van der Waals surface area contributed by atoms with Gasteiger partial charge in [0, 0.05) is 18.1 Å². The average Bonchev–Trinajstić information content (AvgIpc) is 3.01. The van der Waals surface area contributed by atoms with E-state index < -0.39 is 12.2 Å². The molecule has 28 heavy (non-hydrogen) atoms. The molecule has 3 aromatic rings. The summed E-state index contributed by atoms with van der Waals surface area (Å²) >= 11 is 4.96. The van der Waals surface area contributed by atoms with E-state index in [1.807, 2.05) is 47.9 Å². The molecule has 2 atom stereocenters. The molecule has 8 heteroatoms. The van der Waals surface area contributed by atoms with Gasteiger partial charge in [-0.3, -0.25) is 4.79 Å². The highest BCUT2D eigenvalue weighted by atomic mass is 79.9. The van der Waals surface area contributed by atoms with Gasteiger partial charge in [-0.05, 0) is 37.3 Å². The highest BCUT2D eigenvalue weighted by molar-refractivity contribution is 9.10. The number of hydrogen-bond donors (Lipinski definition) is 0. The lowest BCUT2D eigenvalue weighted by Crippen LogP contribution is -2.43. The minimum Gasteiger partial charge on any atom is -0.482 e. The van der Waals surface area contributed by atoms with Gasteiger partial charge in [-0.1, -0.05) is 39.4 Å². The van der Waals surface area contributed by atoms with E-state index in [0.29, 0.717) is 29.5 Å². The molecule has 4 rings (SSSR count). The Morgan fingerprint density at radius 1 is 1.25 bits per heavy atom. The lowest BCUT2D eigenvalue weighted by molar-refractivity contribution is -0.130. The van der Waals surface area contributed by atoms with Gasteiger partial charge in [0.1, 0.15) is 6.10 Å². The lowest BCUT2D eigenvalue weighted by Gasteiger charge is -2.29. The molecule has 2 aromatic carbocycles. The first-order chi connectivity index (χ1) is 13.6. The van der Waals surface area contributed by atoms with Crippen molar-refractivity contribution in [2.45, 2.75) is 25.7 Å². The standard InChI is InChI=1S/C20H19BrN2O4S/c1-12-18(27-16-6-4-3-5-15(16)26-12)19(24)22-20-23(9-10-25-2)14-8-7-13(21)11-17(14)28-20/h3-8,11-12,18H,9-10H2,1-2H3. The zero-order valence-corrected chi connectivity index (χ0v) is 17.8. The molecular formula is C20H19BrN2O4S. The van der Waals surface area contributed by atoms with Crippen molar-refractivity contribution in [1.29, 1.82) is 0 Å². The van der Waals surface area contributed by atoms with Crippen molar-refractivity contribution < 1.29 is 19.0 Å². The number of halogens is 1. The summed E-state index contributed by atoms with van der Waals surface area (Å²) in [4.78, 5) is 17.9. The Morgan fingerprint density at radius 3 is 2.75 bits per heavy atom. The summed E-state index contributed by atoms with van der Waals surface area (Å²) in [7, 11) is 1.65. The molecule has 146 valence electrons. The van der Waals surface area contributed by atoms with Crippen molar-refractivity contribution in [3.8, 4) is 11.5 Å². The molecule has 0 spiro atoms. The first-order valence-corrected chi connectivity index (χ1v) is 10.5. The Bertz CT molecular complexity index is 1090. The van der Waals surface area contributed by atoms with Gasteiger partial charge in [0.2, 0.25) is 6.10 Å². The molecule has 1 aliphatic rings. The number of hydrogen-bond acceptors (Lipinski definition) is 5. The smallest absolute Gasteiger partial charge is 0.293 e. The number of benzene rings is 2. The number of carbonyl (C=O) groups is 1. The van der Waals surface area contributed by atoms with Crippen LogP contribution in [0.1, 0.15) is 6.92 Å². The summed E-state index contributed by atoms with van der Waals surface area (Å²) in [5.41, 5.74) is 1.01. The summed E-state index contributed by atoms with van der Waals surface area (Å²) in [6, 6.07) is 13.3. The molecule has 2 unspecified atom stereocenters. The highest BCUT2D eigenvalue weighted by Gasteiger charge is 2.34. The van der Waals surface area contributed by atoms with Crippen molar-refractivity contribution in [1.82, 2.24) is 4.57 Å². The Kier molecular flexibility index (Phi) is 5.52. The van der Waals surface area contributed by atoms with Crippen molar-refractivity contribution in [2.75, 3.05) is 13.7 Å². The Labute approximate surface area is 174 Å². The van der Waals surface area contributed by atoms with Gasteiger partial charge in [0.25, 0.3) is 5.91 Å². The van der Waals surface area contributed by atoms with Gasteiger partial charge >= 0.3 is 0 Å². The van der Waals surface area contributed by atoms with E-state index in [0.717, 1.165) is 14.7 Å². The van der Waals surface area contributed by atoms with Gasteiger partial charge in [-0.25, -0.2) is 0 Å². The molecule has 0 aliphatic carbocycles. The maximum absolute atomic E-state index is 12.9. The third-order valence-electron chi connectivity index (χ3n) is 4.46. The van der Waals surface area contributed by atoms with E-state index in [4.69, 9.17) is 14.2 Å². The fourth-order valence-corrected chi connectivity index (χ4v) is 4.69. The van der Waals surface area contributed by atoms with Crippen LogP contribution < -0.4 is 14.3 Å². The molecule has 0 radical (unpaired) electrons. The fraction of sp³-hybridized carbons (Fsp3) is 0.300. The third-order valence-corrected chi connectivity index (χ3v) is 5.99. The van der Waals surface area contributed by atoms with E-state index in [1.165, 1.54) is 11.3 Å². The molecule has 1 amide bonds. The van der Waals surface area contributed by atoms with Crippen LogP contribution in [0, 0.1) is 0 Å². The Balaban J connectivity index is 1.71.